The Morgan fingerprint density at radius 2 is 2.04 bits per heavy atom. The van der Waals surface area contributed by atoms with Crippen molar-refractivity contribution in [1.82, 2.24) is 0 Å². The molecule has 0 aliphatic carbocycles. The third-order valence-electron chi connectivity index (χ3n) is 3.56. The van der Waals surface area contributed by atoms with Crippen LogP contribution in [0.2, 0.25) is 10.0 Å². The van der Waals surface area contributed by atoms with Gasteiger partial charge in [-0.2, -0.15) is 0 Å². The number of nitro groups is 1. The second-order valence-corrected chi connectivity index (χ2v) is 7.52. The lowest BCUT2D eigenvalue weighted by molar-refractivity contribution is -0.384. The number of hydrogen-bond acceptors (Lipinski definition) is 4. The first-order valence-electron chi connectivity index (χ1n) is 7.40. The van der Waals surface area contributed by atoms with Gasteiger partial charge < -0.3 is 5.32 Å². The number of thioether (sulfide) groups is 1. The second-order valence-electron chi connectivity index (χ2n) is 5.41. The number of carbonyl (C=O) groups excluding carboxylic acids is 1. The Hall–Kier alpha value is -1.76. The van der Waals surface area contributed by atoms with Gasteiger partial charge in [0.05, 0.1) is 26.4 Å². The van der Waals surface area contributed by atoms with E-state index in [0.717, 1.165) is 11.1 Å². The predicted molar refractivity (Wildman–Crippen MR) is 104 cm³/mol. The summed E-state index contributed by atoms with van der Waals surface area (Å²) >= 11 is 13.6. The third-order valence-corrected chi connectivity index (χ3v) is 5.57. The minimum Gasteiger partial charge on any atom is -0.323 e. The summed E-state index contributed by atoms with van der Waals surface area (Å²) < 4.78 is 0. The number of halogens is 2. The molecule has 0 aliphatic heterocycles. The maximum Gasteiger partial charge on any atom is 0.269 e. The van der Waals surface area contributed by atoms with Gasteiger partial charge in [0, 0.05) is 17.4 Å². The molecule has 0 spiro atoms. The van der Waals surface area contributed by atoms with E-state index >= 15 is 0 Å². The number of rotatable bonds is 6. The largest absolute Gasteiger partial charge is 0.323 e. The molecule has 2 aromatic rings. The quantitative estimate of drug-likeness (QED) is 0.504. The number of benzene rings is 2. The van der Waals surface area contributed by atoms with Crippen molar-refractivity contribution in [2.75, 3.05) is 11.1 Å². The number of nitro benzene ring substituents is 1. The van der Waals surface area contributed by atoms with Gasteiger partial charge in [-0.25, -0.2) is 0 Å². The smallest absolute Gasteiger partial charge is 0.269 e. The standard InChI is InChI=1S/C17H16Cl2N2O3S/c1-10-6-7-14(18)17(16(10)19)20-15(22)9-25-11(2)12-4-3-5-13(8-12)21(23)24/h3-8,11H,9H2,1-2H3,(H,20,22)/t11-/m1/s1. The molecule has 1 amide bonds. The van der Waals surface area contributed by atoms with Crippen LogP contribution in [-0.2, 0) is 4.79 Å². The van der Waals surface area contributed by atoms with Gasteiger partial charge in [0.1, 0.15) is 0 Å². The van der Waals surface area contributed by atoms with Gasteiger partial charge in [-0.15, -0.1) is 11.8 Å². The first-order chi connectivity index (χ1) is 11.8. The zero-order chi connectivity index (χ0) is 18.6. The molecule has 1 N–H and O–H groups in total. The molecule has 0 unspecified atom stereocenters. The van der Waals surface area contributed by atoms with E-state index in [4.69, 9.17) is 23.2 Å². The predicted octanol–water partition coefficient (Wildman–Crippen LogP) is 5.64. The van der Waals surface area contributed by atoms with Crippen molar-refractivity contribution < 1.29 is 9.72 Å². The topological polar surface area (TPSA) is 72.2 Å². The Morgan fingerprint density at radius 1 is 1.32 bits per heavy atom. The summed E-state index contributed by atoms with van der Waals surface area (Å²) in [7, 11) is 0. The van der Waals surface area contributed by atoms with Gasteiger partial charge in [0.2, 0.25) is 5.91 Å². The molecule has 0 radical (unpaired) electrons. The fourth-order valence-corrected chi connectivity index (χ4v) is 3.41. The molecule has 2 rings (SSSR count). The summed E-state index contributed by atoms with van der Waals surface area (Å²) in [5.74, 6) is -0.0681. The van der Waals surface area contributed by atoms with E-state index in [9.17, 15) is 14.9 Å². The van der Waals surface area contributed by atoms with Crippen LogP contribution in [0, 0.1) is 17.0 Å². The average Bonchev–Trinajstić information content (AvgIpc) is 2.60. The SMILES string of the molecule is Cc1ccc(Cl)c(NC(=O)CS[C@H](C)c2cccc([N+](=O)[O-])c2)c1Cl. The van der Waals surface area contributed by atoms with E-state index in [-0.39, 0.29) is 22.6 Å². The minimum absolute atomic E-state index is 0.0349. The molecule has 0 saturated carbocycles. The van der Waals surface area contributed by atoms with E-state index in [2.05, 4.69) is 5.32 Å². The van der Waals surface area contributed by atoms with Crippen molar-refractivity contribution in [1.29, 1.82) is 0 Å². The van der Waals surface area contributed by atoms with Gasteiger partial charge in [0.25, 0.3) is 5.69 Å². The lowest BCUT2D eigenvalue weighted by atomic mass is 10.1. The summed E-state index contributed by atoms with van der Waals surface area (Å²) in [4.78, 5) is 22.6. The minimum atomic E-state index is -0.435. The number of nitrogens with zero attached hydrogens (tertiary/aromatic N) is 1. The van der Waals surface area contributed by atoms with Crippen LogP contribution in [0.3, 0.4) is 0 Å². The van der Waals surface area contributed by atoms with Gasteiger partial charge in [-0.1, -0.05) is 41.4 Å². The van der Waals surface area contributed by atoms with E-state index in [0.29, 0.717) is 15.7 Å². The lowest BCUT2D eigenvalue weighted by Gasteiger charge is -2.13. The van der Waals surface area contributed by atoms with Crippen molar-refractivity contribution in [3.63, 3.8) is 0 Å². The van der Waals surface area contributed by atoms with Crippen molar-refractivity contribution in [3.8, 4) is 0 Å². The van der Waals surface area contributed by atoms with Crippen molar-refractivity contribution in [2.45, 2.75) is 19.1 Å². The van der Waals surface area contributed by atoms with Crippen LogP contribution >= 0.6 is 35.0 Å². The van der Waals surface area contributed by atoms with Gasteiger partial charge >= 0.3 is 0 Å². The number of aryl methyl sites for hydroxylation is 1. The average molecular weight is 399 g/mol. The van der Waals surface area contributed by atoms with Crippen LogP contribution in [0.1, 0.15) is 23.3 Å². The molecule has 0 fully saturated rings. The fraction of sp³-hybridized carbons (Fsp3) is 0.235. The fourth-order valence-electron chi connectivity index (χ4n) is 2.13. The molecular formula is C17H16Cl2N2O3S. The van der Waals surface area contributed by atoms with Crippen LogP contribution in [0.25, 0.3) is 0 Å². The summed E-state index contributed by atoms with van der Waals surface area (Å²) in [6.07, 6.45) is 0. The number of carbonyl (C=O) groups is 1. The van der Waals surface area contributed by atoms with E-state index in [1.54, 1.807) is 24.3 Å². The van der Waals surface area contributed by atoms with Crippen molar-refractivity contribution in [3.05, 3.63) is 67.7 Å². The molecule has 25 heavy (non-hydrogen) atoms. The normalized spacial score (nSPS) is 11.8. The Kier molecular flexibility index (Phi) is 6.70. The summed E-state index contributed by atoms with van der Waals surface area (Å²) in [6.45, 7) is 3.72. The van der Waals surface area contributed by atoms with Crippen LogP contribution in [-0.4, -0.2) is 16.6 Å². The van der Waals surface area contributed by atoms with E-state index < -0.39 is 4.92 Å². The van der Waals surface area contributed by atoms with Gasteiger partial charge in [-0.3, -0.25) is 14.9 Å². The van der Waals surface area contributed by atoms with Gasteiger partial charge in [0.15, 0.2) is 0 Å². The zero-order valence-corrected chi connectivity index (χ0v) is 15.9. The summed E-state index contributed by atoms with van der Waals surface area (Å²) in [5.41, 5.74) is 2.04. The van der Waals surface area contributed by atoms with Crippen LogP contribution in [0.5, 0.6) is 0 Å². The first kappa shape index (κ1) is 19.6. The Morgan fingerprint density at radius 3 is 2.72 bits per heavy atom. The second kappa shape index (κ2) is 8.56. The monoisotopic (exact) mass is 398 g/mol. The number of non-ortho nitro benzene ring substituents is 1. The van der Waals surface area contributed by atoms with Crippen LogP contribution in [0.15, 0.2) is 36.4 Å². The molecule has 0 heterocycles. The van der Waals surface area contributed by atoms with E-state index in [1.165, 1.54) is 23.9 Å². The highest BCUT2D eigenvalue weighted by Crippen LogP contribution is 2.34. The van der Waals surface area contributed by atoms with E-state index in [1.807, 2.05) is 13.8 Å². The maximum absolute atomic E-state index is 12.2. The molecule has 132 valence electrons. The first-order valence-corrected chi connectivity index (χ1v) is 9.20. The highest BCUT2D eigenvalue weighted by molar-refractivity contribution is 8.00. The van der Waals surface area contributed by atoms with Crippen molar-refractivity contribution >= 4 is 52.2 Å². The molecule has 0 saturated heterocycles. The molecule has 2 aromatic carbocycles. The molecule has 1 atom stereocenters. The molecule has 0 aliphatic rings. The third kappa shape index (κ3) is 5.11. The highest BCUT2D eigenvalue weighted by Gasteiger charge is 2.15. The molecular weight excluding hydrogens is 383 g/mol. The summed E-state index contributed by atoms with van der Waals surface area (Å²) in [6, 6.07) is 9.85. The molecule has 0 aromatic heterocycles. The van der Waals surface area contributed by atoms with Crippen LogP contribution < -0.4 is 5.32 Å². The van der Waals surface area contributed by atoms with Crippen LogP contribution in [0.4, 0.5) is 11.4 Å². The zero-order valence-electron chi connectivity index (χ0n) is 13.6. The lowest BCUT2D eigenvalue weighted by Crippen LogP contribution is -2.15. The van der Waals surface area contributed by atoms with Gasteiger partial charge in [-0.05, 0) is 31.0 Å². The Labute approximate surface area is 159 Å². The maximum atomic E-state index is 12.2. The molecule has 5 nitrogen and oxygen atoms in total. The number of hydrogen-bond donors (Lipinski definition) is 1. The molecule has 8 heteroatoms. The molecule has 0 bridgehead atoms. The number of anilines is 1. The highest BCUT2D eigenvalue weighted by atomic mass is 35.5. The van der Waals surface area contributed by atoms with Crippen molar-refractivity contribution in [2.24, 2.45) is 0 Å². The number of nitrogens with one attached hydrogen (secondary N) is 1. The number of amides is 1. The Bertz CT molecular complexity index is 814. The Balaban J connectivity index is 1.99. The summed E-state index contributed by atoms with van der Waals surface area (Å²) in [5, 5.41) is 14.3.